The molecule has 4 nitrogen and oxygen atoms in total. The molecule has 2 heterocycles. The highest BCUT2D eigenvalue weighted by atomic mass is 32.1. The van der Waals surface area contributed by atoms with Crippen molar-refractivity contribution in [2.24, 2.45) is 0 Å². The standard InChI is InChI=1S/C19H20FN3OS/c1-13-11-22-18(23(13)12-15-4-6-16(20)7-5-15)9-10-21-19(24)17-8-3-14(2)25-17/h3-8,11H,9-10,12H2,1-2H3,(H,21,24). The fraction of sp³-hybridized carbons (Fsp3) is 0.263. The van der Waals surface area contributed by atoms with Crippen molar-refractivity contribution < 1.29 is 9.18 Å². The summed E-state index contributed by atoms with van der Waals surface area (Å²) < 4.78 is 15.1. The smallest absolute Gasteiger partial charge is 0.261 e. The summed E-state index contributed by atoms with van der Waals surface area (Å²) in [6.45, 7) is 5.14. The van der Waals surface area contributed by atoms with Gasteiger partial charge in [-0.1, -0.05) is 12.1 Å². The molecule has 1 N–H and O–H groups in total. The van der Waals surface area contributed by atoms with Gasteiger partial charge in [0.25, 0.3) is 5.91 Å². The maximum absolute atomic E-state index is 13.0. The van der Waals surface area contributed by atoms with Crippen LogP contribution in [0.25, 0.3) is 0 Å². The predicted octanol–water partition coefficient (Wildman–Crippen LogP) is 3.72. The van der Waals surface area contributed by atoms with Crippen LogP contribution in [0.5, 0.6) is 0 Å². The van der Waals surface area contributed by atoms with Crippen molar-refractivity contribution in [2.45, 2.75) is 26.8 Å². The molecule has 0 atom stereocenters. The van der Waals surface area contributed by atoms with E-state index in [9.17, 15) is 9.18 Å². The van der Waals surface area contributed by atoms with Gasteiger partial charge in [-0.25, -0.2) is 9.37 Å². The van der Waals surface area contributed by atoms with Gasteiger partial charge in [0, 0.05) is 36.3 Å². The van der Waals surface area contributed by atoms with E-state index in [1.54, 1.807) is 12.1 Å². The lowest BCUT2D eigenvalue weighted by Crippen LogP contribution is -2.26. The van der Waals surface area contributed by atoms with E-state index in [1.165, 1.54) is 23.5 Å². The van der Waals surface area contributed by atoms with Gasteiger partial charge in [0.15, 0.2) is 0 Å². The van der Waals surface area contributed by atoms with Crippen molar-refractivity contribution in [3.05, 3.63) is 75.2 Å². The van der Waals surface area contributed by atoms with E-state index >= 15 is 0 Å². The summed E-state index contributed by atoms with van der Waals surface area (Å²) in [7, 11) is 0. The second-order valence-electron chi connectivity index (χ2n) is 5.94. The summed E-state index contributed by atoms with van der Waals surface area (Å²) in [5.41, 5.74) is 2.06. The quantitative estimate of drug-likeness (QED) is 0.731. The lowest BCUT2D eigenvalue weighted by Gasteiger charge is -2.11. The summed E-state index contributed by atoms with van der Waals surface area (Å²) in [6, 6.07) is 10.3. The third-order valence-electron chi connectivity index (χ3n) is 3.99. The average molecular weight is 357 g/mol. The fourth-order valence-corrected chi connectivity index (χ4v) is 3.41. The predicted molar refractivity (Wildman–Crippen MR) is 97.6 cm³/mol. The van der Waals surface area contributed by atoms with Gasteiger partial charge in [0.1, 0.15) is 11.6 Å². The number of nitrogens with zero attached hydrogens (tertiary/aromatic N) is 2. The normalized spacial score (nSPS) is 10.8. The number of benzene rings is 1. The van der Waals surface area contributed by atoms with Crippen LogP contribution in [0, 0.1) is 19.7 Å². The van der Waals surface area contributed by atoms with E-state index in [0.29, 0.717) is 19.5 Å². The zero-order valence-corrected chi connectivity index (χ0v) is 15.1. The Labute approximate surface area is 150 Å². The highest BCUT2D eigenvalue weighted by Crippen LogP contribution is 2.15. The number of amides is 1. The van der Waals surface area contributed by atoms with Crippen molar-refractivity contribution in [1.29, 1.82) is 0 Å². The van der Waals surface area contributed by atoms with E-state index in [4.69, 9.17) is 0 Å². The van der Waals surface area contributed by atoms with E-state index in [2.05, 4.69) is 14.9 Å². The van der Waals surface area contributed by atoms with Gasteiger partial charge in [0.05, 0.1) is 4.88 Å². The largest absolute Gasteiger partial charge is 0.351 e. The minimum Gasteiger partial charge on any atom is -0.351 e. The Morgan fingerprint density at radius 1 is 1.20 bits per heavy atom. The van der Waals surface area contributed by atoms with Gasteiger partial charge in [0.2, 0.25) is 0 Å². The molecule has 1 aromatic carbocycles. The molecule has 2 aromatic heterocycles. The average Bonchev–Trinajstić information content (AvgIpc) is 3.17. The second kappa shape index (κ2) is 7.61. The molecule has 1 amide bonds. The zero-order valence-electron chi connectivity index (χ0n) is 14.3. The highest BCUT2D eigenvalue weighted by molar-refractivity contribution is 7.13. The first-order valence-electron chi connectivity index (χ1n) is 8.13. The molecular formula is C19H20FN3OS. The molecule has 0 aliphatic heterocycles. The molecule has 130 valence electrons. The van der Waals surface area contributed by atoms with Crippen LogP contribution >= 0.6 is 11.3 Å². The van der Waals surface area contributed by atoms with E-state index < -0.39 is 0 Å². The van der Waals surface area contributed by atoms with Crippen LogP contribution in [0.1, 0.15) is 31.6 Å². The number of nitrogens with one attached hydrogen (secondary N) is 1. The lowest BCUT2D eigenvalue weighted by molar-refractivity contribution is 0.0958. The number of carbonyl (C=O) groups is 1. The monoisotopic (exact) mass is 357 g/mol. The van der Waals surface area contributed by atoms with Crippen LogP contribution in [-0.4, -0.2) is 22.0 Å². The van der Waals surface area contributed by atoms with Crippen LogP contribution in [0.4, 0.5) is 4.39 Å². The van der Waals surface area contributed by atoms with Crippen molar-refractivity contribution in [3.63, 3.8) is 0 Å². The van der Waals surface area contributed by atoms with Crippen LogP contribution in [0.2, 0.25) is 0 Å². The molecule has 0 radical (unpaired) electrons. The fourth-order valence-electron chi connectivity index (χ4n) is 2.63. The Balaban J connectivity index is 1.61. The number of thiophene rings is 1. The number of imidazole rings is 1. The van der Waals surface area contributed by atoms with Gasteiger partial charge in [-0.3, -0.25) is 4.79 Å². The Morgan fingerprint density at radius 3 is 2.64 bits per heavy atom. The first-order chi connectivity index (χ1) is 12.0. The van der Waals surface area contributed by atoms with Gasteiger partial charge in [-0.15, -0.1) is 11.3 Å². The number of aromatic nitrogens is 2. The van der Waals surface area contributed by atoms with Crippen molar-refractivity contribution >= 4 is 17.2 Å². The Kier molecular flexibility index (Phi) is 5.28. The number of carbonyl (C=O) groups excluding carboxylic acids is 1. The molecule has 0 aliphatic rings. The molecule has 0 saturated heterocycles. The number of halogens is 1. The van der Waals surface area contributed by atoms with E-state index in [1.807, 2.05) is 32.2 Å². The lowest BCUT2D eigenvalue weighted by atomic mass is 10.2. The summed E-state index contributed by atoms with van der Waals surface area (Å²) >= 11 is 1.49. The van der Waals surface area contributed by atoms with E-state index in [0.717, 1.165) is 26.8 Å². The number of hydrogen-bond donors (Lipinski definition) is 1. The molecule has 0 saturated carbocycles. The van der Waals surface area contributed by atoms with Crippen LogP contribution in [-0.2, 0) is 13.0 Å². The molecule has 0 fully saturated rings. The van der Waals surface area contributed by atoms with Crippen LogP contribution in [0.15, 0.2) is 42.6 Å². The van der Waals surface area contributed by atoms with Gasteiger partial charge >= 0.3 is 0 Å². The molecule has 3 rings (SSSR count). The van der Waals surface area contributed by atoms with Crippen molar-refractivity contribution in [1.82, 2.24) is 14.9 Å². The molecular weight excluding hydrogens is 337 g/mol. The third kappa shape index (κ3) is 4.33. The molecule has 0 spiro atoms. The number of hydrogen-bond acceptors (Lipinski definition) is 3. The number of aryl methyl sites for hydroxylation is 2. The highest BCUT2D eigenvalue weighted by Gasteiger charge is 2.10. The minimum absolute atomic E-state index is 0.0496. The van der Waals surface area contributed by atoms with Crippen LogP contribution in [0.3, 0.4) is 0 Å². The number of rotatable bonds is 6. The maximum atomic E-state index is 13.0. The van der Waals surface area contributed by atoms with Crippen LogP contribution < -0.4 is 5.32 Å². The van der Waals surface area contributed by atoms with Gasteiger partial charge in [-0.05, 0) is 43.7 Å². The first kappa shape index (κ1) is 17.4. The molecule has 6 heteroatoms. The molecule has 0 aliphatic carbocycles. The van der Waals surface area contributed by atoms with Crippen molar-refractivity contribution in [2.75, 3.05) is 6.54 Å². The SMILES string of the molecule is Cc1ccc(C(=O)NCCc2ncc(C)n2Cc2ccc(F)cc2)s1. The molecule has 25 heavy (non-hydrogen) atoms. The minimum atomic E-state index is -0.238. The Morgan fingerprint density at radius 2 is 1.96 bits per heavy atom. The first-order valence-corrected chi connectivity index (χ1v) is 8.94. The van der Waals surface area contributed by atoms with E-state index in [-0.39, 0.29) is 11.7 Å². The molecule has 0 unspecified atom stereocenters. The van der Waals surface area contributed by atoms with Crippen molar-refractivity contribution in [3.8, 4) is 0 Å². The zero-order chi connectivity index (χ0) is 17.8. The molecule has 0 bridgehead atoms. The molecule has 3 aromatic rings. The topological polar surface area (TPSA) is 46.9 Å². The summed E-state index contributed by atoms with van der Waals surface area (Å²) in [4.78, 5) is 18.4. The van der Waals surface area contributed by atoms with Gasteiger partial charge < -0.3 is 9.88 Å². The summed E-state index contributed by atoms with van der Waals surface area (Å²) in [5, 5.41) is 2.94. The summed E-state index contributed by atoms with van der Waals surface area (Å²) in [5.74, 6) is 0.619. The Bertz CT molecular complexity index is 867. The van der Waals surface area contributed by atoms with Gasteiger partial charge in [-0.2, -0.15) is 0 Å². The third-order valence-corrected chi connectivity index (χ3v) is 4.99. The maximum Gasteiger partial charge on any atom is 0.261 e. The summed E-state index contributed by atoms with van der Waals surface area (Å²) in [6.07, 6.45) is 2.47. The second-order valence-corrected chi connectivity index (χ2v) is 7.23. The Hall–Kier alpha value is -2.47.